The van der Waals surface area contributed by atoms with Crippen molar-refractivity contribution in [2.75, 3.05) is 13.2 Å². The van der Waals surface area contributed by atoms with Crippen molar-refractivity contribution in [1.29, 1.82) is 0 Å². The normalized spacial score (nSPS) is 28.4. The highest BCUT2D eigenvalue weighted by Crippen LogP contribution is 2.20. The first-order valence-corrected chi connectivity index (χ1v) is 8.72. The molecule has 8 nitrogen and oxygen atoms in total. The van der Waals surface area contributed by atoms with Gasteiger partial charge in [-0.05, 0) is 24.8 Å². The molecule has 4 atom stereocenters. The Morgan fingerprint density at radius 3 is 2.81 bits per heavy atom. The Morgan fingerprint density at radius 1 is 1.27 bits per heavy atom. The van der Waals surface area contributed by atoms with E-state index in [2.05, 4.69) is 5.32 Å². The van der Waals surface area contributed by atoms with Crippen molar-refractivity contribution < 1.29 is 33.6 Å². The third-order valence-corrected chi connectivity index (χ3v) is 4.31. The van der Waals surface area contributed by atoms with E-state index in [4.69, 9.17) is 18.9 Å². The van der Waals surface area contributed by atoms with Crippen LogP contribution in [0.15, 0.2) is 30.3 Å². The zero-order chi connectivity index (χ0) is 18.4. The maximum absolute atomic E-state index is 11.9. The van der Waals surface area contributed by atoms with E-state index in [0.29, 0.717) is 6.61 Å². The van der Waals surface area contributed by atoms with Crippen LogP contribution in [-0.2, 0) is 30.3 Å². The minimum Gasteiger partial charge on any atom is -0.455 e. The molecule has 0 saturated carbocycles. The van der Waals surface area contributed by atoms with Crippen LogP contribution in [0.5, 0.6) is 0 Å². The van der Waals surface area contributed by atoms with E-state index in [1.807, 2.05) is 30.3 Å². The fraction of sp³-hybridized carbons (Fsp3) is 0.556. The van der Waals surface area contributed by atoms with E-state index in [9.17, 15) is 14.7 Å². The molecule has 2 fully saturated rings. The lowest BCUT2D eigenvalue weighted by molar-refractivity contribution is -0.183. The number of alkyl carbamates (subject to hydrolysis) is 1. The zero-order valence-electron chi connectivity index (χ0n) is 14.3. The second-order valence-electron chi connectivity index (χ2n) is 6.28. The monoisotopic (exact) mass is 365 g/mol. The molecule has 0 unspecified atom stereocenters. The zero-order valence-corrected chi connectivity index (χ0v) is 14.3. The molecule has 3 rings (SSSR count). The van der Waals surface area contributed by atoms with Gasteiger partial charge in [-0.1, -0.05) is 30.3 Å². The predicted octanol–water partition coefficient (Wildman–Crippen LogP) is 1.11. The lowest BCUT2D eigenvalue weighted by Crippen LogP contribution is -2.47. The van der Waals surface area contributed by atoms with Crippen LogP contribution in [0.3, 0.4) is 0 Å². The summed E-state index contributed by atoms with van der Waals surface area (Å²) < 4.78 is 21.1. The molecule has 1 aromatic carbocycles. The van der Waals surface area contributed by atoms with Gasteiger partial charge in [-0.2, -0.15) is 0 Å². The Labute approximate surface area is 151 Å². The highest BCUT2D eigenvalue weighted by Gasteiger charge is 2.45. The van der Waals surface area contributed by atoms with Crippen LogP contribution in [0.2, 0.25) is 0 Å². The Kier molecular flexibility index (Phi) is 6.43. The molecule has 26 heavy (non-hydrogen) atoms. The van der Waals surface area contributed by atoms with Gasteiger partial charge in [0.15, 0.2) is 18.4 Å². The number of aliphatic hydroxyl groups is 1. The van der Waals surface area contributed by atoms with Crippen LogP contribution >= 0.6 is 0 Å². The van der Waals surface area contributed by atoms with Gasteiger partial charge in [-0.3, -0.25) is 0 Å². The number of hydrogen-bond acceptors (Lipinski definition) is 7. The molecule has 0 aliphatic carbocycles. The summed E-state index contributed by atoms with van der Waals surface area (Å²) in [5.74, 6) is -0.715. The van der Waals surface area contributed by atoms with Gasteiger partial charge in [-0.15, -0.1) is 0 Å². The van der Waals surface area contributed by atoms with E-state index in [1.54, 1.807) is 0 Å². The quantitative estimate of drug-likeness (QED) is 0.728. The van der Waals surface area contributed by atoms with Crippen LogP contribution in [0.4, 0.5) is 4.79 Å². The van der Waals surface area contributed by atoms with Crippen molar-refractivity contribution in [3.63, 3.8) is 0 Å². The summed E-state index contributed by atoms with van der Waals surface area (Å²) in [6.07, 6.45) is -0.440. The number of esters is 1. The van der Waals surface area contributed by atoms with Crippen molar-refractivity contribution in [2.24, 2.45) is 0 Å². The molecule has 1 aromatic rings. The van der Waals surface area contributed by atoms with Gasteiger partial charge < -0.3 is 29.4 Å². The highest BCUT2D eigenvalue weighted by atomic mass is 16.7. The third kappa shape index (κ3) is 4.94. The SMILES string of the molecule is O=C(N[C@@H]1C(=O)O[C@H](CO[C@@H]2CCCCO2)[C@H]1O)OCc1ccccc1. The summed E-state index contributed by atoms with van der Waals surface area (Å²) in [4.78, 5) is 23.8. The lowest BCUT2D eigenvalue weighted by Gasteiger charge is -2.24. The summed E-state index contributed by atoms with van der Waals surface area (Å²) in [5, 5.41) is 12.6. The van der Waals surface area contributed by atoms with Gasteiger partial charge in [0, 0.05) is 6.61 Å². The number of rotatable bonds is 6. The largest absolute Gasteiger partial charge is 0.455 e. The van der Waals surface area contributed by atoms with Gasteiger partial charge in [-0.25, -0.2) is 9.59 Å². The molecule has 0 aromatic heterocycles. The van der Waals surface area contributed by atoms with Crippen molar-refractivity contribution in [3.05, 3.63) is 35.9 Å². The molecule has 2 heterocycles. The topological polar surface area (TPSA) is 103 Å². The summed E-state index contributed by atoms with van der Waals surface area (Å²) in [6, 6.07) is 7.96. The molecule has 2 N–H and O–H groups in total. The average molecular weight is 365 g/mol. The first-order valence-electron chi connectivity index (χ1n) is 8.72. The highest BCUT2D eigenvalue weighted by molar-refractivity contribution is 5.84. The number of benzene rings is 1. The van der Waals surface area contributed by atoms with Gasteiger partial charge in [0.2, 0.25) is 0 Å². The minimum atomic E-state index is -1.21. The molecule has 8 heteroatoms. The maximum Gasteiger partial charge on any atom is 0.408 e. The van der Waals surface area contributed by atoms with E-state index in [0.717, 1.165) is 24.8 Å². The first-order chi connectivity index (χ1) is 12.6. The molecular weight excluding hydrogens is 342 g/mol. The fourth-order valence-electron chi connectivity index (χ4n) is 2.86. The standard InChI is InChI=1S/C18H23NO7/c20-16-13(11-24-14-8-4-5-9-23-14)26-17(21)15(16)19-18(22)25-10-12-6-2-1-3-7-12/h1-3,6-7,13-16,20H,4-5,8-11H2,(H,19,22)/t13-,14-,15+,16-/m1/s1. The molecule has 2 aliphatic rings. The molecule has 0 spiro atoms. The summed E-state index contributed by atoms with van der Waals surface area (Å²) in [5.41, 5.74) is 0.816. The van der Waals surface area contributed by atoms with Gasteiger partial charge in [0.1, 0.15) is 12.7 Å². The second kappa shape index (κ2) is 8.98. The molecule has 0 bridgehead atoms. The molecule has 2 aliphatic heterocycles. The number of carbonyl (C=O) groups excluding carboxylic acids is 2. The summed E-state index contributed by atoms with van der Waals surface area (Å²) in [6.45, 7) is 0.708. The second-order valence-corrected chi connectivity index (χ2v) is 6.28. The van der Waals surface area contributed by atoms with Crippen LogP contribution in [-0.4, -0.2) is 54.9 Å². The van der Waals surface area contributed by atoms with Crippen molar-refractivity contribution in [3.8, 4) is 0 Å². The van der Waals surface area contributed by atoms with Crippen molar-refractivity contribution in [1.82, 2.24) is 5.32 Å². The van der Waals surface area contributed by atoms with Crippen LogP contribution < -0.4 is 5.32 Å². The smallest absolute Gasteiger partial charge is 0.408 e. The molecule has 142 valence electrons. The van der Waals surface area contributed by atoms with E-state index in [-0.39, 0.29) is 19.5 Å². The number of nitrogens with one attached hydrogen (secondary N) is 1. The van der Waals surface area contributed by atoms with Gasteiger partial charge in [0.05, 0.1) is 6.61 Å². The Balaban J connectivity index is 1.44. The minimum absolute atomic E-state index is 0.00875. The summed E-state index contributed by atoms with van der Waals surface area (Å²) in [7, 11) is 0. The predicted molar refractivity (Wildman–Crippen MR) is 89.0 cm³/mol. The Bertz CT molecular complexity index is 603. The molecule has 2 saturated heterocycles. The van der Waals surface area contributed by atoms with Crippen molar-refractivity contribution >= 4 is 12.1 Å². The van der Waals surface area contributed by atoms with Crippen LogP contribution in [0.1, 0.15) is 24.8 Å². The lowest BCUT2D eigenvalue weighted by atomic mass is 10.1. The van der Waals surface area contributed by atoms with Crippen LogP contribution in [0.25, 0.3) is 0 Å². The summed E-state index contributed by atoms with van der Waals surface area (Å²) >= 11 is 0. The van der Waals surface area contributed by atoms with E-state index < -0.39 is 30.3 Å². The van der Waals surface area contributed by atoms with Gasteiger partial charge in [0.25, 0.3) is 0 Å². The first kappa shape index (κ1) is 18.6. The van der Waals surface area contributed by atoms with Crippen molar-refractivity contribution in [2.45, 2.75) is 50.4 Å². The Hall–Kier alpha value is -2.16. The average Bonchev–Trinajstić information content (AvgIpc) is 2.94. The molecule has 0 radical (unpaired) electrons. The number of carbonyl (C=O) groups is 2. The van der Waals surface area contributed by atoms with Gasteiger partial charge >= 0.3 is 12.1 Å². The van der Waals surface area contributed by atoms with E-state index in [1.165, 1.54) is 0 Å². The maximum atomic E-state index is 11.9. The third-order valence-electron chi connectivity index (χ3n) is 4.31. The number of hydrogen-bond donors (Lipinski definition) is 2. The molecular formula is C18H23NO7. The fourth-order valence-corrected chi connectivity index (χ4v) is 2.86. The molecule has 1 amide bonds. The number of cyclic esters (lactones) is 1. The van der Waals surface area contributed by atoms with Crippen LogP contribution in [0, 0.1) is 0 Å². The van der Waals surface area contributed by atoms with E-state index >= 15 is 0 Å². The number of aliphatic hydroxyl groups excluding tert-OH is 1. The Morgan fingerprint density at radius 2 is 2.08 bits per heavy atom. The number of amides is 1. The number of ether oxygens (including phenoxy) is 4.